The Kier molecular flexibility index (Phi) is 2.60. The average Bonchev–Trinajstić information content (AvgIpc) is 2.53. The number of hydrogen-bond donors (Lipinski definition) is 1. The van der Waals surface area contributed by atoms with Crippen LogP contribution in [0, 0.1) is 0 Å². The summed E-state index contributed by atoms with van der Waals surface area (Å²) in [4.78, 5) is 0. The Balaban J connectivity index is 2.54. The molecule has 1 aromatic heterocycles. The zero-order valence-electron chi connectivity index (χ0n) is 8.84. The number of fused-ring (bicyclic) bond motifs is 1. The van der Waals surface area contributed by atoms with Gasteiger partial charge in [-0.05, 0) is 19.1 Å². The quantitative estimate of drug-likeness (QED) is 0.826. The van der Waals surface area contributed by atoms with Crippen LogP contribution >= 0.6 is 0 Å². The summed E-state index contributed by atoms with van der Waals surface area (Å²) in [5.74, 6) is 0.700. The lowest BCUT2D eigenvalue weighted by atomic mass is 10.2. The number of aliphatic hydroxyl groups is 1. The van der Waals surface area contributed by atoms with Crippen molar-refractivity contribution < 1.29 is 9.84 Å². The van der Waals surface area contributed by atoms with E-state index in [9.17, 15) is 5.11 Å². The van der Waals surface area contributed by atoms with E-state index in [4.69, 9.17) is 4.74 Å². The molecule has 4 nitrogen and oxygen atoms in total. The zero-order chi connectivity index (χ0) is 10.8. The summed E-state index contributed by atoms with van der Waals surface area (Å²) in [5.41, 5.74) is 0.884. The Bertz CT molecular complexity index is 463. The molecule has 2 rings (SSSR count). The molecule has 0 bridgehead atoms. The molecule has 0 amide bonds. The molecule has 0 spiro atoms. The van der Waals surface area contributed by atoms with Gasteiger partial charge in [-0.25, -0.2) is 4.68 Å². The van der Waals surface area contributed by atoms with Gasteiger partial charge in [-0.1, -0.05) is 12.1 Å². The summed E-state index contributed by atoms with van der Waals surface area (Å²) < 4.78 is 6.98. The third-order valence-electron chi connectivity index (χ3n) is 2.23. The maximum Gasteiger partial charge on any atom is 0.219 e. The second kappa shape index (κ2) is 3.90. The first-order valence-electron chi connectivity index (χ1n) is 4.90. The predicted molar refractivity (Wildman–Crippen MR) is 58.0 cm³/mol. The van der Waals surface area contributed by atoms with Gasteiger partial charge in [0.25, 0.3) is 0 Å². The van der Waals surface area contributed by atoms with Crippen molar-refractivity contribution in [2.24, 2.45) is 0 Å². The SMILES string of the molecule is COc1c2ccccc2nn1CC(C)O. The van der Waals surface area contributed by atoms with Crippen LogP contribution in [0.1, 0.15) is 6.92 Å². The highest BCUT2D eigenvalue weighted by molar-refractivity contribution is 5.84. The second-order valence-electron chi connectivity index (χ2n) is 3.56. The first-order chi connectivity index (χ1) is 7.22. The van der Waals surface area contributed by atoms with Crippen molar-refractivity contribution in [1.29, 1.82) is 0 Å². The fraction of sp³-hybridized carbons (Fsp3) is 0.364. The third kappa shape index (κ3) is 1.80. The maximum absolute atomic E-state index is 9.33. The van der Waals surface area contributed by atoms with Crippen LogP contribution in [0.4, 0.5) is 0 Å². The van der Waals surface area contributed by atoms with Gasteiger partial charge in [0.15, 0.2) is 0 Å². The first-order valence-corrected chi connectivity index (χ1v) is 4.90. The van der Waals surface area contributed by atoms with E-state index in [1.807, 2.05) is 24.3 Å². The number of hydrogen-bond acceptors (Lipinski definition) is 3. The molecule has 1 heterocycles. The number of methoxy groups -OCH3 is 1. The van der Waals surface area contributed by atoms with Crippen LogP contribution < -0.4 is 4.74 Å². The fourth-order valence-electron chi connectivity index (χ4n) is 1.65. The first kappa shape index (κ1) is 9.98. The minimum absolute atomic E-state index is 0.437. The van der Waals surface area contributed by atoms with E-state index in [2.05, 4.69) is 5.10 Å². The zero-order valence-corrected chi connectivity index (χ0v) is 8.84. The van der Waals surface area contributed by atoms with Gasteiger partial charge in [0, 0.05) is 0 Å². The number of ether oxygens (including phenoxy) is 1. The van der Waals surface area contributed by atoms with E-state index in [0.717, 1.165) is 10.9 Å². The van der Waals surface area contributed by atoms with E-state index < -0.39 is 6.10 Å². The van der Waals surface area contributed by atoms with Gasteiger partial charge in [0.05, 0.1) is 30.7 Å². The minimum atomic E-state index is -0.437. The molecule has 4 heteroatoms. The molecule has 1 aromatic carbocycles. The van der Waals surface area contributed by atoms with Gasteiger partial charge in [-0.2, -0.15) is 5.10 Å². The van der Waals surface area contributed by atoms with E-state index in [1.165, 1.54) is 0 Å². The van der Waals surface area contributed by atoms with Crippen molar-refractivity contribution in [1.82, 2.24) is 9.78 Å². The van der Waals surface area contributed by atoms with Gasteiger partial charge >= 0.3 is 0 Å². The smallest absolute Gasteiger partial charge is 0.219 e. The van der Waals surface area contributed by atoms with Crippen molar-refractivity contribution in [2.45, 2.75) is 19.6 Å². The van der Waals surface area contributed by atoms with Crippen molar-refractivity contribution in [3.05, 3.63) is 24.3 Å². The number of aromatic nitrogens is 2. The van der Waals surface area contributed by atoms with Crippen LogP contribution in [0.25, 0.3) is 10.9 Å². The lowest BCUT2D eigenvalue weighted by molar-refractivity contribution is 0.163. The molecule has 1 N–H and O–H groups in total. The van der Waals surface area contributed by atoms with Crippen molar-refractivity contribution in [3.8, 4) is 5.88 Å². The third-order valence-corrected chi connectivity index (χ3v) is 2.23. The number of rotatable bonds is 3. The fourth-order valence-corrected chi connectivity index (χ4v) is 1.65. The topological polar surface area (TPSA) is 47.3 Å². The predicted octanol–water partition coefficient (Wildman–Crippen LogP) is 1.43. The summed E-state index contributed by atoms with van der Waals surface area (Å²) in [7, 11) is 1.61. The van der Waals surface area contributed by atoms with Gasteiger partial charge in [-0.3, -0.25) is 0 Å². The van der Waals surface area contributed by atoms with E-state index in [0.29, 0.717) is 12.4 Å². The standard InChI is InChI=1S/C11H14N2O2/c1-8(14)7-13-11(15-2)9-5-3-4-6-10(9)12-13/h3-6,8,14H,7H2,1-2H3. The Morgan fingerprint density at radius 2 is 2.20 bits per heavy atom. The number of nitrogens with zero attached hydrogens (tertiary/aromatic N) is 2. The van der Waals surface area contributed by atoms with Crippen molar-refractivity contribution >= 4 is 10.9 Å². The van der Waals surface area contributed by atoms with Crippen LogP contribution in [0.2, 0.25) is 0 Å². The van der Waals surface area contributed by atoms with Crippen LogP contribution in [-0.4, -0.2) is 28.1 Å². The number of benzene rings is 1. The summed E-state index contributed by atoms with van der Waals surface area (Å²) >= 11 is 0. The Labute approximate surface area is 88.1 Å². The Morgan fingerprint density at radius 3 is 2.87 bits per heavy atom. The molecule has 1 unspecified atom stereocenters. The van der Waals surface area contributed by atoms with Gasteiger partial charge in [-0.15, -0.1) is 0 Å². The second-order valence-corrected chi connectivity index (χ2v) is 3.56. The molecule has 0 saturated carbocycles. The van der Waals surface area contributed by atoms with Gasteiger partial charge < -0.3 is 9.84 Å². The molecule has 0 aliphatic rings. The van der Waals surface area contributed by atoms with Gasteiger partial charge in [0.2, 0.25) is 5.88 Å². The molecule has 0 aliphatic carbocycles. The molecular formula is C11H14N2O2. The maximum atomic E-state index is 9.33. The summed E-state index contributed by atoms with van der Waals surface area (Å²) in [6.45, 7) is 2.17. The average molecular weight is 206 g/mol. The minimum Gasteiger partial charge on any atom is -0.481 e. The highest BCUT2D eigenvalue weighted by atomic mass is 16.5. The highest BCUT2D eigenvalue weighted by Crippen LogP contribution is 2.24. The molecule has 0 fully saturated rings. The molecular weight excluding hydrogens is 192 g/mol. The summed E-state index contributed by atoms with van der Waals surface area (Å²) in [6.07, 6.45) is -0.437. The molecule has 0 radical (unpaired) electrons. The van der Waals surface area contributed by atoms with Crippen LogP contribution in [0.15, 0.2) is 24.3 Å². The van der Waals surface area contributed by atoms with Crippen LogP contribution in [0.3, 0.4) is 0 Å². The summed E-state index contributed by atoms with van der Waals surface area (Å²) in [5, 5.41) is 14.7. The summed E-state index contributed by atoms with van der Waals surface area (Å²) in [6, 6.07) is 7.76. The van der Waals surface area contributed by atoms with E-state index >= 15 is 0 Å². The molecule has 1 atom stereocenters. The number of aliphatic hydroxyl groups excluding tert-OH is 1. The van der Waals surface area contributed by atoms with Crippen LogP contribution in [0.5, 0.6) is 5.88 Å². The van der Waals surface area contributed by atoms with E-state index in [1.54, 1.807) is 18.7 Å². The Hall–Kier alpha value is -1.55. The molecule has 80 valence electrons. The Morgan fingerprint density at radius 1 is 1.47 bits per heavy atom. The van der Waals surface area contributed by atoms with E-state index in [-0.39, 0.29) is 0 Å². The normalized spacial score (nSPS) is 13.0. The largest absolute Gasteiger partial charge is 0.481 e. The molecule has 0 saturated heterocycles. The molecule has 15 heavy (non-hydrogen) atoms. The molecule has 2 aromatic rings. The molecule has 0 aliphatic heterocycles. The lowest BCUT2D eigenvalue weighted by Crippen LogP contribution is -2.13. The van der Waals surface area contributed by atoms with Crippen molar-refractivity contribution in [2.75, 3.05) is 7.11 Å². The highest BCUT2D eigenvalue weighted by Gasteiger charge is 2.11. The van der Waals surface area contributed by atoms with Gasteiger partial charge in [0.1, 0.15) is 0 Å². The van der Waals surface area contributed by atoms with Crippen LogP contribution in [-0.2, 0) is 6.54 Å². The lowest BCUT2D eigenvalue weighted by Gasteiger charge is -2.07. The van der Waals surface area contributed by atoms with Crippen molar-refractivity contribution in [3.63, 3.8) is 0 Å². The monoisotopic (exact) mass is 206 g/mol.